The maximum Gasteiger partial charge on any atom is 0.352 e. The number of rotatable bonds is 1. The van der Waals surface area contributed by atoms with Crippen molar-refractivity contribution in [1.82, 2.24) is 0 Å². The second-order valence-corrected chi connectivity index (χ2v) is 5.96. The SMILES string of the molecule is COc1ccc2oc(=O)c(C#Cc3cc(C)c(O)c(C)c3)c(C)c2c1. The van der Waals surface area contributed by atoms with E-state index in [9.17, 15) is 9.90 Å². The van der Waals surface area contributed by atoms with Gasteiger partial charge in [0.1, 0.15) is 22.6 Å². The molecule has 0 aliphatic carbocycles. The average molecular weight is 334 g/mol. The summed E-state index contributed by atoms with van der Waals surface area (Å²) in [6.45, 7) is 5.47. The normalized spacial score (nSPS) is 10.4. The highest BCUT2D eigenvalue weighted by Crippen LogP contribution is 2.25. The molecule has 0 unspecified atom stereocenters. The van der Waals surface area contributed by atoms with E-state index in [1.807, 2.05) is 26.8 Å². The standard InChI is InChI=1S/C21H18O4/c1-12-9-15(10-13(2)20(12)22)5-7-17-14(3)18-11-16(24-4)6-8-19(18)25-21(17)23/h6,8-11,22H,1-4H3. The number of methoxy groups -OCH3 is 1. The molecule has 1 N–H and O–H groups in total. The van der Waals surface area contributed by atoms with Crippen LogP contribution in [0.2, 0.25) is 0 Å². The Morgan fingerprint density at radius 1 is 1.04 bits per heavy atom. The second-order valence-electron chi connectivity index (χ2n) is 5.96. The molecule has 4 heteroatoms. The van der Waals surface area contributed by atoms with Crippen molar-refractivity contribution in [1.29, 1.82) is 0 Å². The third-order valence-electron chi connectivity index (χ3n) is 4.20. The van der Waals surface area contributed by atoms with Crippen LogP contribution in [0.4, 0.5) is 0 Å². The minimum Gasteiger partial charge on any atom is -0.507 e. The molecule has 0 fully saturated rings. The number of hydrogen-bond acceptors (Lipinski definition) is 4. The fourth-order valence-electron chi connectivity index (χ4n) is 2.76. The number of benzene rings is 2. The van der Waals surface area contributed by atoms with Gasteiger partial charge in [0.2, 0.25) is 0 Å². The highest BCUT2D eigenvalue weighted by molar-refractivity contribution is 5.83. The van der Waals surface area contributed by atoms with E-state index in [1.54, 1.807) is 31.4 Å². The second kappa shape index (κ2) is 6.37. The number of fused-ring (bicyclic) bond motifs is 1. The Balaban J connectivity index is 2.16. The lowest BCUT2D eigenvalue weighted by Crippen LogP contribution is -2.07. The summed E-state index contributed by atoms with van der Waals surface area (Å²) in [5, 5.41) is 10.6. The molecule has 0 saturated carbocycles. The van der Waals surface area contributed by atoms with Gasteiger partial charge in [0.25, 0.3) is 0 Å². The molecule has 1 heterocycles. The van der Waals surface area contributed by atoms with Gasteiger partial charge < -0.3 is 14.3 Å². The smallest absolute Gasteiger partial charge is 0.352 e. The largest absolute Gasteiger partial charge is 0.507 e. The van der Waals surface area contributed by atoms with Crippen LogP contribution >= 0.6 is 0 Å². The Kier molecular flexibility index (Phi) is 4.24. The maximum atomic E-state index is 12.3. The predicted molar refractivity (Wildman–Crippen MR) is 97.3 cm³/mol. The molecule has 4 nitrogen and oxygen atoms in total. The van der Waals surface area contributed by atoms with E-state index in [2.05, 4.69) is 11.8 Å². The molecular weight excluding hydrogens is 316 g/mol. The van der Waals surface area contributed by atoms with Gasteiger partial charge in [-0.15, -0.1) is 0 Å². The van der Waals surface area contributed by atoms with Crippen LogP contribution in [-0.4, -0.2) is 12.2 Å². The van der Waals surface area contributed by atoms with Crippen LogP contribution in [0.5, 0.6) is 11.5 Å². The summed E-state index contributed by atoms with van der Waals surface area (Å²) in [7, 11) is 1.59. The molecule has 126 valence electrons. The van der Waals surface area contributed by atoms with Crippen molar-refractivity contribution in [2.75, 3.05) is 7.11 Å². The molecule has 0 aliphatic heterocycles. The van der Waals surface area contributed by atoms with E-state index in [1.165, 1.54) is 0 Å². The van der Waals surface area contributed by atoms with E-state index in [-0.39, 0.29) is 5.75 Å². The Hall–Kier alpha value is -3.19. The first-order valence-corrected chi connectivity index (χ1v) is 7.84. The van der Waals surface area contributed by atoms with Crippen molar-refractivity contribution >= 4 is 11.0 Å². The predicted octanol–water partition coefficient (Wildman–Crippen LogP) is 3.83. The summed E-state index contributed by atoms with van der Waals surface area (Å²) >= 11 is 0. The highest BCUT2D eigenvalue weighted by atomic mass is 16.5. The van der Waals surface area contributed by atoms with E-state index < -0.39 is 5.63 Å². The Morgan fingerprint density at radius 3 is 2.36 bits per heavy atom. The molecule has 0 amide bonds. The third kappa shape index (κ3) is 3.09. The quantitative estimate of drug-likeness (QED) is 0.543. The van der Waals surface area contributed by atoms with Crippen LogP contribution in [0, 0.1) is 32.6 Å². The fourth-order valence-corrected chi connectivity index (χ4v) is 2.76. The molecule has 0 spiro atoms. The number of aryl methyl sites for hydroxylation is 3. The van der Waals surface area contributed by atoms with Crippen LogP contribution in [0.1, 0.15) is 27.8 Å². The molecule has 2 aromatic carbocycles. The van der Waals surface area contributed by atoms with Gasteiger partial charge in [-0.1, -0.05) is 11.8 Å². The van der Waals surface area contributed by atoms with Crippen molar-refractivity contribution in [2.24, 2.45) is 0 Å². The molecule has 25 heavy (non-hydrogen) atoms. The minimum absolute atomic E-state index is 0.263. The van der Waals surface area contributed by atoms with Crippen LogP contribution in [0.15, 0.2) is 39.5 Å². The van der Waals surface area contributed by atoms with Gasteiger partial charge in [0.15, 0.2) is 0 Å². The maximum absolute atomic E-state index is 12.3. The molecule has 1 aromatic heterocycles. The third-order valence-corrected chi connectivity index (χ3v) is 4.20. The highest BCUT2D eigenvalue weighted by Gasteiger charge is 2.10. The monoisotopic (exact) mass is 334 g/mol. The molecule has 0 saturated heterocycles. The van der Waals surface area contributed by atoms with Crippen molar-refractivity contribution in [3.05, 3.63) is 68.6 Å². The summed E-state index contributed by atoms with van der Waals surface area (Å²) in [5.74, 6) is 6.87. The number of phenolic OH excluding ortho intramolecular Hbond substituents is 1. The average Bonchev–Trinajstić information content (AvgIpc) is 2.59. The number of hydrogen-bond donors (Lipinski definition) is 1. The van der Waals surface area contributed by atoms with Crippen LogP contribution < -0.4 is 10.4 Å². The summed E-state index contributed by atoms with van der Waals surface area (Å²) in [6.07, 6.45) is 0. The molecule has 3 aromatic rings. The topological polar surface area (TPSA) is 59.7 Å². The van der Waals surface area contributed by atoms with E-state index in [0.717, 1.165) is 27.6 Å². The Bertz CT molecular complexity index is 1070. The van der Waals surface area contributed by atoms with Gasteiger partial charge in [-0.2, -0.15) is 0 Å². The van der Waals surface area contributed by atoms with Crippen LogP contribution in [0.3, 0.4) is 0 Å². The summed E-state index contributed by atoms with van der Waals surface area (Å²) in [4.78, 5) is 12.3. The lowest BCUT2D eigenvalue weighted by atomic mass is 10.0. The van der Waals surface area contributed by atoms with Gasteiger partial charge in [-0.25, -0.2) is 4.79 Å². The van der Waals surface area contributed by atoms with Crippen molar-refractivity contribution < 1.29 is 14.3 Å². The van der Waals surface area contributed by atoms with Gasteiger partial charge in [0.05, 0.1) is 7.11 Å². The van der Waals surface area contributed by atoms with E-state index in [0.29, 0.717) is 16.9 Å². The van der Waals surface area contributed by atoms with Crippen molar-refractivity contribution in [3.8, 4) is 23.3 Å². The molecule has 3 rings (SSSR count). The van der Waals surface area contributed by atoms with E-state index in [4.69, 9.17) is 9.15 Å². The van der Waals surface area contributed by atoms with Gasteiger partial charge in [-0.05, 0) is 67.8 Å². The van der Waals surface area contributed by atoms with Gasteiger partial charge >= 0.3 is 5.63 Å². The summed E-state index contributed by atoms with van der Waals surface area (Å²) < 4.78 is 10.6. The Labute approximate surface area is 145 Å². The first-order chi connectivity index (χ1) is 11.9. The Morgan fingerprint density at radius 2 is 1.72 bits per heavy atom. The molecular formula is C21H18O4. The fraction of sp³-hybridized carbons (Fsp3) is 0.190. The first-order valence-electron chi connectivity index (χ1n) is 7.84. The molecule has 0 aliphatic rings. The summed E-state index contributed by atoms with van der Waals surface area (Å²) in [6, 6.07) is 8.87. The first kappa shape index (κ1) is 16.7. The molecule has 0 bridgehead atoms. The lowest BCUT2D eigenvalue weighted by molar-refractivity contribution is 0.415. The number of ether oxygens (including phenoxy) is 1. The lowest BCUT2D eigenvalue weighted by Gasteiger charge is -2.06. The zero-order valence-electron chi connectivity index (χ0n) is 14.6. The van der Waals surface area contributed by atoms with Crippen LogP contribution in [0.25, 0.3) is 11.0 Å². The van der Waals surface area contributed by atoms with Gasteiger partial charge in [-0.3, -0.25) is 0 Å². The molecule has 0 atom stereocenters. The number of aromatic hydroxyl groups is 1. The zero-order valence-corrected chi connectivity index (χ0v) is 14.6. The summed E-state index contributed by atoms with van der Waals surface area (Å²) in [5.41, 5.74) is 3.35. The zero-order chi connectivity index (χ0) is 18.1. The number of phenols is 1. The minimum atomic E-state index is -0.463. The molecule has 0 radical (unpaired) electrons. The van der Waals surface area contributed by atoms with Crippen molar-refractivity contribution in [2.45, 2.75) is 20.8 Å². The van der Waals surface area contributed by atoms with Crippen LogP contribution in [-0.2, 0) is 0 Å². The van der Waals surface area contributed by atoms with E-state index >= 15 is 0 Å². The van der Waals surface area contributed by atoms with Gasteiger partial charge in [0, 0.05) is 10.9 Å². The van der Waals surface area contributed by atoms with Crippen molar-refractivity contribution in [3.63, 3.8) is 0 Å².